The van der Waals surface area contributed by atoms with E-state index in [-0.39, 0.29) is 29.2 Å². The van der Waals surface area contributed by atoms with Gasteiger partial charge in [0.1, 0.15) is 17.3 Å². The summed E-state index contributed by atoms with van der Waals surface area (Å²) in [5, 5.41) is 7.30. The van der Waals surface area contributed by atoms with Gasteiger partial charge in [-0.05, 0) is 61.1 Å². The summed E-state index contributed by atoms with van der Waals surface area (Å²) in [5.41, 5.74) is 3.18. The summed E-state index contributed by atoms with van der Waals surface area (Å²) in [6, 6.07) is 18.3. The van der Waals surface area contributed by atoms with Gasteiger partial charge >= 0.3 is 6.09 Å². The van der Waals surface area contributed by atoms with Gasteiger partial charge in [-0.2, -0.15) is 0 Å². The highest BCUT2D eigenvalue weighted by atomic mass is 35.5. The van der Waals surface area contributed by atoms with Crippen LogP contribution in [-0.4, -0.2) is 21.8 Å². The van der Waals surface area contributed by atoms with Gasteiger partial charge in [0.2, 0.25) is 5.88 Å². The van der Waals surface area contributed by atoms with Crippen molar-refractivity contribution in [3.63, 3.8) is 0 Å². The Morgan fingerprint density at radius 3 is 2.49 bits per heavy atom. The van der Waals surface area contributed by atoms with Crippen LogP contribution >= 0.6 is 11.6 Å². The number of hydrogen-bond donors (Lipinski definition) is 1. The summed E-state index contributed by atoms with van der Waals surface area (Å²) in [7, 11) is 0. The molecular formula is C30H27ClF3N3O2. The monoisotopic (exact) mass is 553 g/mol. The molecule has 1 heterocycles. The number of fused-ring (bicyclic) bond motifs is 1. The van der Waals surface area contributed by atoms with Crippen LogP contribution in [0.4, 0.5) is 18.0 Å². The highest BCUT2D eigenvalue weighted by Gasteiger charge is 2.31. The Bertz CT molecular complexity index is 1440. The molecule has 0 spiro atoms. The van der Waals surface area contributed by atoms with Crippen molar-refractivity contribution in [1.29, 1.82) is 0 Å². The van der Waals surface area contributed by atoms with Crippen LogP contribution in [0.25, 0.3) is 5.69 Å². The van der Waals surface area contributed by atoms with Gasteiger partial charge in [-0.15, -0.1) is 16.7 Å². The quantitative estimate of drug-likeness (QED) is 0.191. The number of amides is 1. The Labute approximate surface area is 229 Å². The fourth-order valence-electron chi connectivity index (χ4n) is 5.10. The zero-order valence-corrected chi connectivity index (χ0v) is 21.8. The lowest BCUT2D eigenvalue weighted by Gasteiger charge is -2.19. The van der Waals surface area contributed by atoms with Gasteiger partial charge in [0.25, 0.3) is 0 Å². The average Bonchev–Trinajstić information content (AvgIpc) is 3.13. The molecule has 0 fully saturated rings. The Hall–Kier alpha value is -3.78. The molecule has 1 N–H and O–H groups in total. The number of aromatic nitrogens is 2. The number of ether oxygens (including phenoxy) is 1. The molecule has 2 atom stereocenters. The smallest absolute Gasteiger partial charge is 0.389 e. The molecule has 4 aromatic rings. The van der Waals surface area contributed by atoms with E-state index in [1.165, 1.54) is 22.9 Å². The highest BCUT2D eigenvalue weighted by Crippen LogP contribution is 2.39. The molecular weight excluding hydrogens is 527 g/mol. The first-order valence-corrected chi connectivity index (χ1v) is 13.4. The van der Waals surface area contributed by atoms with Crippen LogP contribution in [0, 0.1) is 17.5 Å². The van der Waals surface area contributed by atoms with Crippen LogP contribution in [-0.2, 0) is 12.8 Å². The molecule has 1 aliphatic carbocycles. The van der Waals surface area contributed by atoms with E-state index < -0.39 is 23.8 Å². The first kappa shape index (κ1) is 26.8. The van der Waals surface area contributed by atoms with Crippen molar-refractivity contribution >= 4 is 17.7 Å². The van der Waals surface area contributed by atoms with E-state index in [2.05, 4.69) is 10.4 Å². The van der Waals surface area contributed by atoms with Gasteiger partial charge in [-0.1, -0.05) is 48.9 Å². The van der Waals surface area contributed by atoms with Gasteiger partial charge in [0.05, 0.1) is 11.7 Å². The fourth-order valence-corrected chi connectivity index (χ4v) is 5.36. The molecule has 3 aromatic carbocycles. The van der Waals surface area contributed by atoms with Gasteiger partial charge < -0.3 is 10.1 Å². The Morgan fingerprint density at radius 2 is 1.77 bits per heavy atom. The number of alkyl halides is 1. The molecule has 5 rings (SSSR count). The van der Waals surface area contributed by atoms with Gasteiger partial charge in [0.15, 0.2) is 5.82 Å². The van der Waals surface area contributed by atoms with Crippen LogP contribution in [0.3, 0.4) is 0 Å². The molecule has 9 heteroatoms. The predicted molar refractivity (Wildman–Crippen MR) is 143 cm³/mol. The highest BCUT2D eigenvalue weighted by molar-refractivity contribution is 6.18. The lowest BCUT2D eigenvalue weighted by Crippen LogP contribution is -2.32. The summed E-state index contributed by atoms with van der Waals surface area (Å²) >= 11 is 6.12. The molecule has 1 amide bonds. The van der Waals surface area contributed by atoms with E-state index in [0.717, 1.165) is 42.5 Å². The molecule has 5 nitrogen and oxygen atoms in total. The van der Waals surface area contributed by atoms with E-state index in [1.54, 1.807) is 12.1 Å². The van der Waals surface area contributed by atoms with Crippen LogP contribution in [0.15, 0.2) is 72.8 Å². The lowest BCUT2D eigenvalue weighted by atomic mass is 9.91. The molecule has 0 radical (unpaired) electrons. The summed E-state index contributed by atoms with van der Waals surface area (Å²) < 4.78 is 49.4. The Balaban J connectivity index is 1.52. The molecule has 1 aliphatic rings. The number of carbonyl (C=O) groups is 1. The third-order valence-electron chi connectivity index (χ3n) is 6.97. The van der Waals surface area contributed by atoms with Gasteiger partial charge in [-0.3, -0.25) is 0 Å². The number of nitrogens with zero attached hydrogens (tertiary/aromatic N) is 2. The first-order valence-electron chi connectivity index (χ1n) is 12.8. The summed E-state index contributed by atoms with van der Waals surface area (Å²) in [6.07, 6.45) is 2.86. The topological polar surface area (TPSA) is 56.1 Å². The minimum absolute atomic E-state index is 0.0526. The Morgan fingerprint density at radius 1 is 1.03 bits per heavy atom. The zero-order valence-electron chi connectivity index (χ0n) is 21.0. The number of rotatable bonds is 7. The minimum atomic E-state index is -0.785. The number of benzene rings is 3. The lowest BCUT2D eigenvalue weighted by molar-refractivity contribution is 0.194. The standard InChI is InChI=1S/C30H27ClF3N3O2/c31-18-26(20-6-2-1-3-7-20)35-30(38)39-29-24-9-5-4-8-21(16-19-10-12-22(32)13-11-19)28(24)37(36-29)27-15-14-23(33)17-25(27)34/h1-3,6-7,10-15,17,21,26H,4-5,8-9,16,18H2,(H,35,38)/t21?,26-/m1/s1. The third kappa shape index (κ3) is 6.11. The summed E-state index contributed by atoms with van der Waals surface area (Å²) in [5.74, 6) is -1.74. The number of carbonyl (C=O) groups excluding carboxylic acids is 1. The van der Waals surface area contributed by atoms with Crippen LogP contribution < -0.4 is 10.1 Å². The van der Waals surface area contributed by atoms with Crippen molar-refractivity contribution in [3.05, 3.63) is 113 Å². The van der Waals surface area contributed by atoms with E-state index in [4.69, 9.17) is 16.3 Å². The van der Waals surface area contributed by atoms with E-state index in [0.29, 0.717) is 24.1 Å². The predicted octanol–water partition coefficient (Wildman–Crippen LogP) is 7.41. The summed E-state index contributed by atoms with van der Waals surface area (Å²) in [4.78, 5) is 13.0. The second-order valence-corrected chi connectivity index (χ2v) is 9.91. The second kappa shape index (κ2) is 11.9. The van der Waals surface area contributed by atoms with Crippen molar-refractivity contribution < 1.29 is 22.7 Å². The molecule has 0 saturated carbocycles. The molecule has 0 bridgehead atoms. The maximum absolute atomic E-state index is 15.0. The largest absolute Gasteiger partial charge is 0.414 e. The van der Waals surface area contributed by atoms with Crippen LogP contribution in [0.1, 0.15) is 53.6 Å². The van der Waals surface area contributed by atoms with Crippen molar-refractivity contribution in [2.24, 2.45) is 0 Å². The van der Waals surface area contributed by atoms with E-state index in [9.17, 15) is 13.6 Å². The molecule has 0 aliphatic heterocycles. The zero-order chi connectivity index (χ0) is 27.4. The van der Waals surface area contributed by atoms with Crippen LogP contribution in [0.2, 0.25) is 0 Å². The molecule has 0 saturated heterocycles. The summed E-state index contributed by atoms with van der Waals surface area (Å²) in [6.45, 7) is 0. The minimum Gasteiger partial charge on any atom is -0.389 e. The van der Waals surface area contributed by atoms with Crippen molar-refractivity contribution in [2.45, 2.75) is 44.1 Å². The number of nitrogens with one attached hydrogen (secondary N) is 1. The number of halogens is 4. The van der Waals surface area contributed by atoms with Crippen LogP contribution in [0.5, 0.6) is 5.88 Å². The Kier molecular flexibility index (Phi) is 8.21. The van der Waals surface area contributed by atoms with Crippen molar-refractivity contribution in [1.82, 2.24) is 15.1 Å². The van der Waals surface area contributed by atoms with Gasteiger partial charge in [-0.25, -0.2) is 22.6 Å². The number of hydrogen-bond acceptors (Lipinski definition) is 3. The average molecular weight is 554 g/mol. The molecule has 202 valence electrons. The van der Waals surface area contributed by atoms with Crippen molar-refractivity contribution in [2.75, 3.05) is 5.88 Å². The van der Waals surface area contributed by atoms with Crippen molar-refractivity contribution in [3.8, 4) is 11.6 Å². The second-order valence-electron chi connectivity index (χ2n) is 9.60. The molecule has 39 heavy (non-hydrogen) atoms. The maximum atomic E-state index is 15.0. The molecule has 1 aromatic heterocycles. The third-order valence-corrected chi connectivity index (χ3v) is 7.28. The van der Waals surface area contributed by atoms with Gasteiger partial charge in [0, 0.05) is 23.4 Å². The maximum Gasteiger partial charge on any atom is 0.414 e. The van der Waals surface area contributed by atoms with E-state index >= 15 is 4.39 Å². The molecule has 1 unspecified atom stereocenters. The fraction of sp³-hybridized carbons (Fsp3) is 0.267. The normalized spacial score (nSPS) is 15.7. The SMILES string of the molecule is O=C(N[C@H](CCl)c1ccccc1)Oc1nn(-c2ccc(F)cc2F)c2c1CCCCC2Cc1ccc(F)cc1. The first-order chi connectivity index (χ1) is 18.9. The van der Waals surface area contributed by atoms with E-state index in [1.807, 2.05) is 30.3 Å².